The van der Waals surface area contributed by atoms with Crippen molar-refractivity contribution in [1.29, 1.82) is 0 Å². The Morgan fingerprint density at radius 1 is 1.05 bits per heavy atom. The third-order valence-electron chi connectivity index (χ3n) is 4.15. The number of sulfonamides is 1. The molecule has 0 aliphatic carbocycles. The monoisotopic (exact) mass is 317 g/mol. The van der Waals surface area contributed by atoms with Crippen LogP contribution in [0, 0.1) is 13.8 Å². The second-order valence-corrected chi connectivity index (χ2v) is 7.75. The average Bonchev–Trinajstić information content (AvgIpc) is 2.48. The van der Waals surface area contributed by atoms with E-state index in [-0.39, 0.29) is 5.75 Å². The van der Waals surface area contributed by atoms with Crippen molar-refractivity contribution in [3.63, 3.8) is 0 Å². The molecule has 0 amide bonds. The summed E-state index contributed by atoms with van der Waals surface area (Å²) in [4.78, 5) is 0.331. The lowest BCUT2D eigenvalue weighted by Crippen LogP contribution is -2.36. The molecule has 0 saturated heterocycles. The molecule has 0 bridgehead atoms. The molecule has 0 fully saturated rings. The van der Waals surface area contributed by atoms with Crippen LogP contribution in [0.25, 0.3) is 0 Å². The summed E-state index contributed by atoms with van der Waals surface area (Å²) >= 11 is 0. The van der Waals surface area contributed by atoms with E-state index in [0.29, 0.717) is 24.4 Å². The van der Waals surface area contributed by atoms with Crippen LogP contribution in [0.1, 0.15) is 22.3 Å². The molecule has 0 spiro atoms. The van der Waals surface area contributed by atoms with Gasteiger partial charge in [-0.1, -0.05) is 23.8 Å². The summed E-state index contributed by atoms with van der Waals surface area (Å²) in [6.45, 7) is 4.55. The molecule has 1 aliphatic rings. The topological polar surface area (TPSA) is 57.6 Å². The van der Waals surface area contributed by atoms with Crippen molar-refractivity contribution >= 4 is 10.0 Å². The largest absolute Gasteiger partial charge is 0.508 e. The van der Waals surface area contributed by atoms with Crippen molar-refractivity contribution < 1.29 is 13.5 Å². The van der Waals surface area contributed by atoms with Crippen molar-refractivity contribution in [3.8, 4) is 5.75 Å². The first-order chi connectivity index (χ1) is 10.4. The van der Waals surface area contributed by atoms with Crippen LogP contribution in [0.2, 0.25) is 0 Å². The van der Waals surface area contributed by atoms with E-state index in [4.69, 9.17) is 0 Å². The number of phenolic OH excluding ortho intramolecular Hbond substituents is 1. The fourth-order valence-electron chi connectivity index (χ4n) is 2.76. The fraction of sp³-hybridized carbons (Fsp3) is 0.294. The molecule has 1 aliphatic heterocycles. The second kappa shape index (κ2) is 5.41. The highest BCUT2D eigenvalue weighted by molar-refractivity contribution is 7.89. The standard InChI is InChI=1S/C17H19NO3S/c1-12-3-5-16(6-4-12)22(20,21)18-8-7-14-10-17(19)13(2)9-15(14)11-18/h3-6,9-10,19H,7-8,11H2,1-2H3. The van der Waals surface area contributed by atoms with Gasteiger partial charge in [0.1, 0.15) is 5.75 Å². The smallest absolute Gasteiger partial charge is 0.243 e. The van der Waals surface area contributed by atoms with Gasteiger partial charge < -0.3 is 5.11 Å². The van der Waals surface area contributed by atoms with E-state index in [9.17, 15) is 13.5 Å². The van der Waals surface area contributed by atoms with Crippen molar-refractivity contribution in [1.82, 2.24) is 4.31 Å². The van der Waals surface area contributed by atoms with Crippen LogP contribution in [0.4, 0.5) is 0 Å². The molecule has 116 valence electrons. The number of benzene rings is 2. The average molecular weight is 317 g/mol. The number of phenols is 1. The van der Waals surface area contributed by atoms with Crippen molar-refractivity contribution in [3.05, 3.63) is 58.7 Å². The van der Waals surface area contributed by atoms with Gasteiger partial charge in [0.05, 0.1) is 4.90 Å². The van der Waals surface area contributed by atoms with Crippen molar-refractivity contribution in [2.75, 3.05) is 6.54 Å². The van der Waals surface area contributed by atoms with E-state index in [1.54, 1.807) is 18.2 Å². The third kappa shape index (κ3) is 2.62. The molecule has 4 nitrogen and oxygen atoms in total. The van der Waals surface area contributed by atoms with E-state index >= 15 is 0 Å². The first-order valence-electron chi connectivity index (χ1n) is 7.26. The maximum atomic E-state index is 12.7. The van der Waals surface area contributed by atoms with Crippen LogP contribution >= 0.6 is 0 Å². The fourth-order valence-corrected chi connectivity index (χ4v) is 4.18. The van der Waals surface area contributed by atoms with Gasteiger partial charge >= 0.3 is 0 Å². The van der Waals surface area contributed by atoms with Gasteiger partial charge in [-0.3, -0.25) is 0 Å². The first-order valence-corrected chi connectivity index (χ1v) is 8.70. The van der Waals surface area contributed by atoms with Crippen LogP contribution in [0.15, 0.2) is 41.3 Å². The Bertz CT molecular complexity index is 811. The molecule has 1 heterocycles. The number of fused-ring (bicyclic) bond motifs is 1. The lowest BCUT2D eigenvalue weighted by atomic mass is 9.98. The minimum atomic E-state index is -3.47. The van der Waals surface area contributed by atoms with Gasteiger partial charge in [-0.05, 0) is 55.2 Å². The van der Waals surface area contributed by atoms with Gasteiger partial charge in [-0.2, -0.15) is 4.31 Å². The Labute approximate surface area is 131 Å². The minimum absolute atomic E-state index is 0.272. The molecule has 0 radical (unpaired) electrons. The van der Waals surface area contributed by atoms with Crippen LogP contribution < -0.4 is 0 Å². The van der Waals surface area contributed by atoms with Crippen LogP contribution in [0.5, 0.6) is 5.75 Å². The molecule has 3 rings (SSSR count). The molecule has 5 heteroatoms. The summed E-state index contributed by atoms with van der Waals surface area (Å²) in [5.74, 6) is 0.272. The molecule has 22 heavy (non-hydrogen) atoms. The Kier molecular flexibility index (Phi) is 3.70. The maximum absolute atomic E-state index is 12.7. The summed E-state index contributed by atoms with van der Waals surface area (Å²) in [5, 5.41) is 9.77. The maximum Gasteiger partial charge on any atom is 0.243 e. The highest BCUT2D eigenvalue weighted by Gasteiger charge is 2.28. The lowest BCUT2D eigenvalue weighted by Gasteiger charge is -2.28. The second-order valence-electron chi connectivity index (χ2n) is 5.81. The quantitative estimate of drug-likeness (QED) is 0.926. The van der Waals surface area contributed by atoms with Gasteiger partial charge in [0.25, 0.3) is 0 Å². The number of rotatable bonds is 2. The molecule has 0 unspecified atom stereocenters. The molecule has 2 aromatic rings. The normalized spacial score (nSPS) is 15.5. The highest BCUT2D eigenvalue weighted by atomic mass is 32.2. The zero-order chi connectivity index (χ0) is 15.9. The zero-order valence-corrected chi connectivity index (χ0v) is 13.5. The van der Waals surface area contributed by atoms with Crippen LogP contribution in [-0.4, -0.2) is 24.4 Å². The van der Waals surface area contributed by atoms with E-state index in [1.807, 2.05) is 32.0 Å². The van der Waals surface area contributed by atoms with Gasteiger partial charge in [-0.25, -0.2) is 8.42 Å². The van der Waals surface area contributed by atoms with E-state index in [2.05, 4.69) is 0 Å². The molecular formula is C17H19NO3S. The summed E-state index contributed by atoms with van der Waals surface area (Å²) in [6, 6.07) is 10.6. The minimum Gasteiger partial charge on any atom is -0.508 e. The van der Waals surface area contributed by atoms with Gasteiger partial charge in [-0.15, -0.1) is 0 Å². The van der Waals surface area contributed by atoms with E-state index in [0.717, 1.165) is 22.3 Å². The summed E-state index contributed by atoms with van der Waals surface area (Å²) in [6.07, 6.45) is 0.619. The molecule has 0 saturated carbocycles. The summed E-state index contributed by atoms with van der Waals surface area (Å²) in [7, 11) is -3.47. The Hall–Kier alpha value is -1.85. The zero-order valence-electron chi connectivity index (χ0n) is 12.7. The highest BCUT2D eigenvalue weighted by Crippen LogP contribution is 2.29. The number of hydrogen-bond donors (Lipinski definition) is 1. The number of hydrogen-bond acceptors (Lipinski definition) is 3. The van der Waals surface area contributed by atoms with Crippen LogP contribution in [0.3, 0.4) is 0 Å². The van der Waals surface area contributed by atoms with E-state index < -0.39 is 10.0 Å². The predicted octanol–water partition coefficient (Wildman–Crippen LogP) is 2.76. The first kappa shape index (κ1) is 15.1. The Morgan fingerprint density at radius 2 is 1.73 bits per heavy atom. The van der Waals surface area contributed by atoms with Crippen LogP contribution in [-0.2, 0) is 23.0 Å². The van der Waals surface area contributed by atoms with Crippen molar-refractivity contribution in [2.24, 2.45) is 0 Å². The molecule has 0 atom stereocenters. The van der Waals surface area contributed by atoms with Gasteiger partial charge in [0.15, 0.2) is 0 Å². The number of aryl methyl sites for hydroxylation is 2. The van der Waals surface area contributed by atoms with Gasteiger partial charge in [0, 0.05) is 13.1 Å². The summed E-state index contributed by atoms with van der Waals surface area (Å²) in [5.41, 5.74) is 3.80. The number of aromatic hydroxyl groups is 1. The molecule has 2 aromatic carbocycles. The Morgan fingerprint density at radius 3 is 2.41 bits per heavy atom. The van der Waals surface area contributed by atoms with Gasteiger partial charge in [0.2, 0.25) is 10.0 Å². The number of nitrogens with zero attached hydrogens (tertiary/aromatic N) is 1. The molecule has 0 aromatic heterocycles. The van der Waals surface area contributed by atoms with Crippen molar-refractivity contribution in [2.45, 2.75) is 31.7 Å². The predicted molar refractivity (Wildman–Crippen MR) is 85.3 cm³/mol. The SMILES string of the molecule is Cc1ccc(S(=O)(=O)N2CCc3cc(O)c(C)cc3C2)cc1. The molecule has 1 N–H and O–H groups in total. The summed E-state index contributed by atoms with van der Waals surface area (Å²) < 4.78 is 27.0. The lowest BCUT2D eigenvalue weighted by molar-refractivity contribution is 0.389. The Balaban J connectivity index is 1.93. The van der Waals surface area contributed by atoms with E-state index in [1.165, 1.54) is 4.31 Å². The third-order valence-corrected chi connectivity index (χ3v) is 6.01. The molecular weight excluding hydrogens is 298 g/mol.